The molecule has 20 heavy (non-hydrogen) atoms. The van der Waals surface area contributed by atoms with Gasteiger partial charge in [-0.05, 0) is 29.3 Å². The SMILES string of the molecule is O=S(O)Nc1cc(-c2ccccc2)cc2cnccc12. The minimum atomic E-state index is -2.11. The Balaban J connectivity index is 2.22. The van der Waals surface area contributed by atoms with Crippen molar-refractivity contribution in [3.05, 3.63) is 60.9 Å². The maximum Gasteiger partial charge on any atom is 0.259 e. The summed E-state index contributed by atoms with van der Waals surface area (Å²) in [6, 6.07) is 15.6. The first-order valence-electron chi connectivity index (χ1n) is 6.05. The van der Waals surface area contributed by atoms with Gasteiger partial charge in [0.15, 0.2) is 0 Å². The van der Waals surface area contributed by atoms with Gasteiger partial charge in [0.05, 0.1) is 5.69 Å². The molecule has 0 aliphatic heterocycles. The van der Waals surface area contributed by atoms with Crippen LogP contribution >= 0.6 is 0 Å². The van der Waals surface area contributed by atoms with Crippen molar-refractivity contribution in [3.63, 3.8) is 0 Å². The lowest BCUT2D eigenvalue weighted by atomic mass is 10.0. The number of rotatable bonds is 3. The van der Waals surface area contributed by atoms with E-state index in [0.29, 0.717) is 5.69 Å². The Kier molecular flexibility index (Phi) is 3.45. The minimum Gasteiger partial charge on any atom is -0.289 e. The molecule has 0 amide bonds. The van der Waals surface area contributed by atoms with Crippen LogP contribution in [-0.4, -0.2) is 13.7 Å². The monoisotopic (exact) mass is 284 g/mol. The number of hydrogen-bond acceptors (Lipinski definition) is 2. The average Bonchev–Trinajstić information content (AvgIpc) is 2.47. The van der Waals surface area contributed by atoms with E-state index in [4.69, 9.17) is 4.55 Å². The Hall–Kier alpha value is -2.24. The largest absolute Gasteiger partial charge is 0.289 e. The van der Waals surface area contributed by atoms with Crippen LogP contribution in [0.2, 0.25) is 0 Å². The first-order chi connectivity index (χ1) is 9.74. The number of nitrogens with zero attached hydrogens (tertiary/aromatic N) is 1. The van der Waals surface area contributed by atoms with Crippen molar-refractivity contribution in [2.75, 3.05) is 4.72 Å². The summed E-state index contributed by atoms with van der Waals surface area (Å²) in [6.07, 6.45) is 3.41. The fourth-order valence-corrected chi connectivity index (χ4v) is 2.54. The number of nitrogens with one attached hydrogen (secondary N) is 1. The number of aromatic nitrogens is 1. The van der Waals surface area contributed by atoms with Crippen LogP contribution in [0.3, 0.4) is 0 Å². The first-order valence-corrected chi connectivity index (χ1v) is 7.15. The topological polar surface area (TPSA) is 62.2 Å². The molecule has 0 spiro atoms. The van der Waals surface area contributed by atoms with Crippen LogP contribution in [0, 0.1) is 0 Å². The van der Waals surface area contributed by atoms with Crippen molar-refractivity contribution in [3.8, 4) is 11.1 Å². The van der Waals surface area contributed by atoms with Gasteiger partial charge in [0.1, 0.15) is 0 Å². The molecule has 5 heteroatoms. The third-order valence-corrected chi connectivity index (χ3v) is 3.45. The van der Waals surface area contributed by atoms with Crippen LogP contribution < -0.4 is 4.72 Å². The lowest BCUT2D eigenvalue weighted by Gasteiger charge is -2.10. The molecule has 3 rings (SSSR count). The van der Waals surface area contributed by atoms with Gasteiger partial charge < -0.3 is 0 Å². The third kappa shape index (κ3) is 2.54. The molecule has 3 aromatic rings. The standard InChI is InChI=1S/C15H12N2O2S/c18-20(19)17-15-9-12(11-4-2-1-3-5-11)8-13-10-16-7-6-14(13)15/h1-10,17H,(H,18,19). The molecule has 1 heterocycles. The lowest BCUT2D eigenvalue weighted by Crippen LogP contribution is -2.02. The maximum absolute atomic E-state index is 11.0. The predicted octanol–water partition coefficient (Wildman–Crippen LogP) is 3.45. The summed E-state index contributed by atoms with van der Waals surface area (Å²) >= 11 is -2.11. The number of pyridine rings is 1. The highest BCUT2D eigenvalue weighted by molar-refractivity contribution is 7.80. The molecule has 0 fully saturated rings. The summed E-state index contributed by atoms with van der Waals surface area (Å²) in [4.78, 5) is 4.10. The molecule has 1 aromatic heterocycles. The second-order valence-electron chi connectivity index (χ2n) is 4.34. The van der Waals surface area contributed by atoms with E-state index >= 15 is 0 Å². The summed E-state index contributed by atoms with van der Waals surface area (Å²) in [5.74, 6) is 0. The van der Waals surface area contributed by atoms with Gasteiger partial charge in [0.2, 0.25) is 0 Å². The zero-order chi connectivity index (χ0) is 13.9. The summed E-state index contributed by atoms with van der Waals surface area (Å²) in [7, 11) is 0. The number of benzene rings is 2. The van der Waals surface area contributed by atoms with E-state index < -0.39 is 11.3 Å². The van der Waals surface area contributed by atoms with Crippen LogP contribution in [0.15, 0.2) is 60.9 Å². The predicted molar refractivity (Wildman–Crippen MR) is 81.6 cm³/mol. The minimum absolute atomic E-state index is 0.615. The summed E-state index contributed by atoms with van der Waals surface area (Å²) in [5, 5.41) is 1.78. The molecule has 1 atom stereocenters. The number of anilines is 1. The van der Waals surface area contributed by atoms with E-state index in [1.165, 1.54) is 0 Å². The van der Waals surface area contributed by atoms with Crippen molar-refractivity contribution in [1.82, 2.24) is 4.98 Å². The quantitative estimate of drug-likeness (QED) is 0.724. The van der Waals surface area contributed by atoms with Crippen molar-refractivity contribution in [2.24, 2.45) is 0 Å². The fourth-order valence-electron chi connectivity index (χ4n) is 2.19. The molecular weight excluding hydrogens is 272 g/mol. The number of hydrogen-bond donors (Lipinski definition) is 2. The molecule has 100 valence electrons. The molecule has 0 bridgehead atoms. The molecule has 2 N–H and O–H groups in total. The van der Waals surface area contributed by atoms with Gasteiger partial charge in [0, 0.05) is 23.2 Å². The summed E-state index contributed by atoms with van der Waals surface area (Å²) < 4.78 is 22.7. The average molecular weight is 284 g/mol. The van der Waals surface area contributed by atoms with Crippen molar-refractivity contribution in [1.29, 1.82) is 0 Å². The highest BCUT2D eigenvalue weighted by Gasteiger charge is 2.07. The molecule has 0 aliphatic rings. The second kappa shape index (κ2) is 5.40. The normalized spacial score (nSPS) is 12.2. The smallest absolute Gasteiger partial charge is 0.259 e. The zero-order valence-corrected chi connectivity index (χ0v) is 11.3. The van der Waals surface area contributed by atoms with Gasteiger partial charge in [-0.2, -0.15) is 0 Å². The summed E-state index contributed by atoms with van der Waals surface area (Å²) in [5.41, 5.74) is 2.63. The summed E-state index contributed by atoms with van der Waals surface area (Å²) in [6.45, 7) is 0. The second-order valence-corrected chi connectivity index (χ2v) is 5.04. The highest BCUT2D eigenvalue weighted by Crippen LogP contribution is 2.30. The maximum atomic E-state index is 11.0. The highest BCUT2D eigenvalue weighted by atomic mass is 32.2. The van der Waals surface area contributed by atoms with E-state index in [1.54, 1.807) is 12.4 Å². The Morgan fingerprint density at radius 1 is 1.05 bits per heavy atom. The number of fused-ring (bicyclic) bond motifs is 1. The fraction of sp³-hybridized carbons (Fsp3) is 0. The molecule has 2 aromatic carbocycles. The Bertz CT molecular complexity index is 775. The van der Waals surface area contributed by atoms with Crippen LogP contribution in [0.4, 0.5) is 5.69 Å². The van der Waals surface area contributed by atoms with Crippen LogP contribution in [0.25, 0.3) is 21.9 Å². The molecule has 0 radical (unpaired) electrons. The van der Waals surface area contributed by atoms with Crippen LogP contribution in [-0.2, 0) is 11.3 Å². The molecular formula is C15H12N2O2S. The van der Waals surface area contributed by atoms with Gasteiger partial charge in [-0.3, -0.25) is 14.3 Å². The van der Waals surface area contributed by atoms with Crippen molar-refractivity contribution >= 4 is 27.7 Å². The Labute approximate surface area is 118 Å². The molecule has 0 aliphatic carbocycles. The molecule has 0 saturated carbocycles. The zero-order valence-electron chi connectivity index (χ0n) is 10.5. The van der Waals surface area contributed by atoms with Gasteiger partial charge >= 0.3 is 0 Å². The Morgan fingerprint density at radius 2 is 1.85 bits per heavy atom. The van der Waals surface area contributed by atoms with E-state index in [0.717, 1.165) is 21.9 Å². The van der Waals surface area contributed by atoms with E-state index in [1.807, 2.05) is 48.5 Å². The van der Waals surface area contributed by atoms with Crippen LogP contribution in [0.5, 0.6) is 0 Å². The van der Waals surface area contributed by atoms with Gasteiger partial charge in [-0.15, -0.1) is 0 Å². The molecule has 0 saturated heterocycles. The molecule has 4 nitrogen and oxygen atoms in total. The van der Waals surface area contributed by atoms with E-state index in [-0.39, 0.29) is 0 Å². The lowest BCUT2D eigenvalue weighted by molar-refractivity contribution is 0.570. The van der Waals surface area contributed by atoms with Crippen molar-refractivity contribution < 1.29 is 8.76 Å². The van der Waals surface area contributed by atoms with Gasteiger partial charge in [0.25, 0.3) is 11.3 Å². The van der Waals surface area contributed by atoms with Crippen molar-refractivity contribution in [2.45, 2.75) is 0 Å². The van der Waals surface area contributed by atoms with E-state index in [9.17, 15) is 4.21 Å². The third-order valence-electron chi connectivity index (χ3n) is 3.06. The molecule has 1 unspecified atom stereocenters. The Morgan fingerprint density at radius 3 is 2.60 bits per heavy atom. The van der Waals surface area contributed by atoms with Gasteiger partial charge in [-0.1, -0.05) is 30.3 Å². The first kappa shape index (κ1) is 12.8. The van der Waals surface area contributed by atoms with E-state index in [2.05, 4.69) is 9.71 Å². The van der Waals surface area contributed by atoms with Crippen LogP contribution in [0.1, 0.15) is 0 Å². The van der Waals surface area contributed by atoms with Gasteiger partial charge in [-0.25, -0.2) is 4.21 Å².